The molecule has 1 aromatic rings. The molecule has 1 N–H and O–H groups in total. The Kier molecular flexibility index (Phi) is 3.97. The Labute approximate surface area is 89.1 Å². The molecule has 0 saturated heterocycles. The van der Waals surface area contributed by atoms with E-state index in [-0.39, 0.29) is 0 Å². The van der Waals surface area contributed by atoms with E-state index in [1.807, 2.05) is 13.0 Å². The van der Waals surface area contributed by atoms with E-state index >= 15 is 0 Å². The van der Waals surface area contributed by atoms with Gasteiger partial charge in [-0.3, -0.25) is 0 Å². The Morgan fingerprint density at radius 2 is 1.93 bits per heavy atom. The smallest absolute Gasteiger partial charge is 0.131 e. The standard InChI is InChI=1S/C11H15NO3/c1-4-8-5-9(7-12-13)11(15-3)6-10(8)14-2/h5-7,13H,4H2,1-3H3. The van der Waals surface area contributed by atoms with Crippen LogP contribution in [0, 0.1) is 0 Å². The van der Waals surface area contributed by atoms with Crippen molar-refractivity contribution in [2.24, 2.45) is 5.16 Å². The van der Waals surface area contributed by atoms with E-state index in [1.54, 1.807) is 20.3 Å². The largest absolute Gasteiger partial charge is 0.496 e. The molecular weight excluding hydrogens is 194 g/mol. The van der Waals surface area contributed by atoms with Gasteiger partial charge in [0, 0.05) is 11.6 Å². The molecule has 0 atom stereocenters. The van der Waals surface area contributed by atoms with Gasteiger partial charge in [-0.2, -0.15) is 0 Å². The maximum absolute atomic E-state index is 8.51. The number of rotatable bonds is 4. The molecule has 0 heterocycles. The number of ether oxygens (including phenoxy) is 2. The molecule has 0 amide bonds. The molecule has 15 heavy (non-hydrogen) atoms. The number of hydrogen-bond acceptors (Lipinski definition) is 4. The van der Waals surface area contributed by atoms with E-state index in [4.69, 9.17) is 14.7 Å². The maximum atomic E-state index is 8.51. The zero-order chi connectivity index (χ0) is 11.3. The summed E-state index contributed by atoms with van der Waals surface area (Å²) in [5.74, 6) is 1.41. The molecule has 0 saturated carbocycles. The van der Waals surface area contributed by atoms with Crippen LogP contribution in [0.5, 0.6) is 11.5 Å². The van der Waals surface area contributed by atoms with Crippen LogP contribution in [0.3, 0.4) is 0 Å². The first kappa shape index (κ1) is 11.4. The average molecular weight is 209 g/mol. The van der Waals surface area contributed by atoms with Crippen molar-refractivity contribution in [3.63, 3.8) is 0 Å². The Morgan fingerprint density at radius 1 is 1.27 bits per heavy atom. The number of benzene rings is 1. The van der Waals surface area contributed by atoms with Gasteiger partial charge in [0.2, 0.25) is 0 Å². The van der Waals surface area contributed by atoms with E-state index < -0.39 is 0 Å². The fourth-order valence-corrected chi connectivity index (χ4v) is 1.43. The van der Waals surface area contributed by atoms with Crippen molar-refractivity contribution in [1.29, 1.82) is 0 Å². The van der Waals surface area contributed by atoms with Gasteiger partial charge in [0.1, 0.15) is 11.5 Å². The van der Waals surface area contributed by atoms with Crippen LogP contribution in [0.4, 0.5) is 0 Å². The summed E-state index contributed by atoms with van der Waals surface area (Å²) < 4.78 is 10.4. The first-order chi connectivity index (χ1) is 7.26. The molecule has 0 aromatic heterocycles. The molecule has 0 fully saturated rings. The highest BCUT2D eigenvalue weighted by Gasteiger charge is 2.08. The summed E-state index contributed by atoms with van der Waals surface area (Å²) in [6.07, 6.45) is 2.19. The van der Waals surface area contributed by atoms with Gasteiger partial charge in [-0.05, 0) is 18.1 Å². The van der Waals surface area contributed by atoms with Crippen LogP contribution in [0.25, 0.3) is 0 Å². The van der Waals surface area contributed by atoms with Crippen molar-refractivity contribution in [3.8, 4) is 11.5 Å². The van der Waals surface area contributed by atoms with Gasteiger partial charge in [-0.1, -0.05) is 12.1 Å². The molecule has 4 heteroatoms. The second kappa shape index (κ2) is 5.24. The lowest BCUT2D eigenvalue weighted by Gasteiger charge is -2.11. The quantitative estimate of drug-likeness (QED) is 0.469. The molecule has 0 unspecified atom stereocenters. The highest BCUT2D eigenvalue weighted by atomic mass is 16.5. The van der Waals surface area contributed by atoms with Gasteiger partial charge in [0.05, 0.1) is 20.4 Å². The van der Waals surface area contributed by atoms with Crippen LogP contribution in [0.1, 0.15) is 18.1 Å². The van der Waals surface area contributed by atoms with Gasteiger partial charge in [-0.25, -0.2) is 0 Å². The van der Waals surface area contributed by atoms with Crippen molar-refractivity contribution in [3.05, 3.63) is 23.3 Å². The third kappa shape index (κ3) is 2.40. The lowest BCUT2D eigenvalue weighted by molar-refractivity contribution is 0.321. The second-order valence-electron chi connectivity index (χ2n) is 3.00. The summed E-state index contributed by atoms with van der Waals surface area (Å²) in [5, 5.41) is 11.5. The topological polar surface area (TPSA) is 51.1 Å². The summed E-state index contributed by atoms with van der Waals surface area (Å²) in [5.41, 5.74) is 1.78. The number of hydrogen-bond donors (Lipinski definition) is 1. The summed E-state index contributed by atoms with van der Waals surface area (Å²) >= 11 is 0. The lowest BCUT2D eigenvalue weighted by atomic mass is 10.1. The molecule has 0 radical (unpaired) electrons. The predicted octanol–water partition coefficient (Wildman–Crippen LogP) is 2.07. The average Bonchev–Trinajstić information content (AvgIpc) is 2.28. The monoisotopic (exact) mass is 209 g/mol. The number of oxime groups is 1. The van der Waals surface area contributed by atoms with Gasteiger partial charge in [0.25, 0.3) is 0 Å². The Balaban J connectivity index is 3.27. The van der Waals surface area contributed by atoms with Crippen molar-refractivity contribution >= 4 is 6.21 Å². The Hall–Kier alpha value is -1.71. The zero-order valence-electron chi connectivity index (χ0n) is 9.15. The highest BCUT2D eigenvalue weighted by molar-refractivity contribution is 5.84. The summed E-state index contributed by atoms with van der Waals surface area (Å²) in [6.45, 7) is 2.03. The fraction of sp³-hybridized carbons (Fsp3) is 0.364. The first-order valence-corrected chi connectivity index (χ1v) is 4.69. The van der Waals surface area contributed by atoms with E-state index in [2.05, 4.69) is 5.16 Å². The Bertz CT molecular complexity index is 361. The van der Waals surface area contributed by atoms with Crippen molar-refractivity contribution in [2.75, 3.05) is 14.2 Å². The van der Waals surface area contributed by atoms with Crippen molar-refractivity contribution in [1.82, 2.24) is 0 Å². The molecule has 0 aliphatic heterocycles. The third-order valence-electron chi connectivity index (χ3n) is 2.21. The Morgan fingerprint density at radius 3 is 2.40 bits per heavy atom. The first-order valence-electron chi connectivity index (χ1n) is 4.69. The SMILES string of the molecule is CCc1cc(C=NO)c(OC)cc1OC. The van der Waals surface area contributed by atoms with Crippen LogP contribution >= 0.6 is 0 Å². The minimum atomic E-state index is 0.627. The number of aryl methyl sites for hydroxylation is 1. The highest BCUT2D eigenvalue weighted by Crippen LogP contribution is 2.28. The second-order valence-corrected chi connectivity index (χ2v) is 3.00. The van der Waals surface area contributed by atoms with Gasteiger partial charge in [0.15, 0.2) is 0 Å². The lowest BCUT2D eigenvalue weighted by Crippen LogP contribution is -1.97. The van der Waals surface area contributed by atoms with Crippen molar-refractivity contribution in [2.45, 2.75) is 13.3 Å². The molecule has 0 spiro atoms. The molecule has 0 bridgehead atoms. The summed E-state index contributed by atoms with van der Waals surface area (Å²) in [6, 6.07) is 3.67. The molecular formula is C11H15NO3. The van der Waals surface area contributed by atoms with E-state index in [0.717, 1.165) is 23.3 Å². The summed E-state index contributed by atoms with van der Waals surface area (Å²) in [4.78, 5) is 0. The number of methoxy groups -OCH3 is 2. The number of nitrogens with zero attached hydrogens (tertiary/aromatic N) is 1. The third-order valence-corrected chi connectivity index (χ3v) is 2.21. The van der Waals surface area contributed by atoms with Gasteiger partial charge < -0.3 is 14.7 Å². The maximum Gasteiger partial charge on any atom is 0.131 e. The van der Waals surface area contributed by atoms with Crippen LogP contribution in [-0.4, -0.2) is 25.6 Å². The van der Waals surface area contributed by atoms with Gasteiger partial charge in [-0.15, -0.1) is 0 Å². The van der Waals surface area contributed by atoms with E-state index in [0.29, 0.717) is 5.75 Å². The van der Waals surface area contributed by atoms with Gasteiger partial charge >= 0.3 is 0 Å². The molecule has 1 rings (SSSR count). The van der Waals surface area contributed by atoms with Crippen LogP contribution in [0.15, 0.2) is 17.3 Å². The van der Waals surface area contributed by atoms with E-state index in [9.17, 15) is 0 Å². The van der Waals surface area contributed by atoms with Crippen LogP contribution in [0.2, 0.25) is 0 Å². The van der Waals surface area contributed by atoms with Crippen LogP contribution in [-0.2, 0) is 6.42 Å². The fourth-order valence-electron chi connectivity index (χ4n) is 1.43. The molecule has 0 aliphatic carbocycles. The zero-order valence-corrected chi connectivity index (χ0v) is 9.15. The van der Waals surface area contributed by atoms with Crippen molar-refractivity contribution < 1.29 is 14.7 Å². The molecule has 4 nitrogen and oxygen atoms in total. The minimum Gasteiger partial charge on any atom is -0.496 e. The van der Waals surface area contributed by atoms with E-state index in [1.165, 1.54) is 6.21 Å². The molecule has 82 valence electrons. The molecule has 0 aliphatic rings. The summed E-state index contributed by atoms with van der Waals surface area (Å²) in [7, 11) is 3.18. The van der Waals surface area contributed by atoms with Crippen LogP contribution < -0.4 is 9.47 Å². The molecule has 1 aromatic carbocycles. The minimum absolute atomic E-state index is 0.627. The predicted molar refractivity (Wildman–Crippen MR) is 58.3 cm³/mol. The normalized spacial score (nSPS) is 10.6.